The molecule has 0 saturated carbocycles. The van der Waals surface area contributed by atoms with Crippen LogP contribution in [0.2, 0.25) is 0 Å². The van der Waals surface area contributed by atoms with Gasteiger partial charge in [-0.1, -0.05) is 188 Å². The van der Waals surface area contributed by atoms with Gasteiger partial charge in [0.1, 0.15) is 0 Å². The molecule has 8 aromatic carbocycles. The van der Waals surface area contributed by atoms with Gasteiger partial charge in [-0.3, -0.25) is 0 Å². The maximum Gasteiger partial charge on any atom is 0.164 e. The molecule has 0 fully saturated rings. The lowest BCUT2D eigenvalue weighted by Crippen LogP contribution is -2.01. The van der Waals surface area contributed by atoms with Crippen molar-refractivity contribution < 1.29 is 0 Å². The zero-order valence-corrected chi connectivity index (χ0v) is 33.3. The molecule has 0 bridgehead atoms. The summed E-state index contributed by atoms with van der Waals surface area (Å²) < 4.78 is 0. The summed E-state index contributed by atoms with van der Waals surface area (Å²) >= 11 is 0. The fourth-order valence-electron chi connectivity index (χ4n) is 7.56. The molecule has 10 aromatic rings. The second kappa shape index (κ2) is 16.9. The SMILES string of the molecule is N#Cc1ccc(-c2cccc(-c3nc(-c4ccccc4)nc(-c4ccccc4-c4cccc(-c5ccccc5-c5nc(-c6ccccc6)nc(-c6ccccc6)n5)c4)n3)c2)cc1. The van der Waals surface area contributed by atoms with Crippen molar-refractivity contribution in [3.8, 4) is 108 Å². The molecule has 10 rings (SSSR count). The molecule has 0 radical (unpaired) electrons. The second-order valence-electron chi connectivity index (χ2n) is 14.7. The van der Waals surface area contributed by atoms with Gasteiger partial charge >= 0.3 is 0 Å². The molecule has 0 aliphatic carbocycles. The first kappa shape index (κ1) is 37.5. The summed E-state index contributed by atoms with van der Waals surface area (Å²) in [6.45, 7) is 0. The Morgan fingerprint density at radius 2 is 0.565 bits per heavy atom. The minimum Gasteiger partial charge on any atom is -0.208 e. The molecule has 7 nitrogen and oxygen atoms in total. The van der Waals surface area contributed by atoms with Gasteiger partial charge in [0.15, 0.2) is 34.9 Å². The van der Waals surface area contributed by atoms with E-state index in [0.717, 1.165) is 66.8 Å². The summed E-state index contributed by atoms with van der Waals surface area (Å²) in [5.74, 6) is 3.51. The Morgan fingerprint density at radius 3 is 1.00 bits per heavy atom. The van der Waals surface area contributed by atoms with Gasteiger partial charge < -0.3 is 0 Å². The van der Waals surface area contributed by atoms with E-state index < -0.39 is 0 Å². The number of benzene rings is 8. The minimum absolute atomic E-state index is 0.559. The molecule has 0 spiro atoms. The van der Waals surface area contributed by atoms with E-state index in [4.69, 9.17) is 29.9 Å². The zero-order valence-electron chi connectivity index (χ0n) is 33.3. The lowest BCUT2D eigenvalue weighted by atomic mass is 9.93. The van der Waals surface area contributed by atoms with Crippen LogP contribution in [0.3, 0.4) is 0 Å². The van der Waals surface area contributed by atoms with Gasteiger partial charge in [0, 0.05) is 33.4 Å². The molecule has 7 heteroatoms. The predicted octanol–water partition coefficient (Wildman–Crippen LogP) is 12.9. The number of hydrogen-bond donors (Lipinski definition) is 0. The lowest BCUT2D eigenvalue weighted by molar-refractivity contribution is 1.07. The Kier molecular flexibility index (Phi) is 10.2. The normalized spacial score (nSPS) is 10.9. The first-order valence-corrected chi connectivity index (χ1v) is 20.3. The van der Waals surface area contributed by atoms with Crippen LogP contribution in [0.1, 0.15) is 5.56 Å². The fourth-order valence-corrected chi connectivity index (χ4v) is 7.56. The van der Waals surface area contributed by atoms with Crippen molar-refractivity contribution in [1.29, 1.82) is 5.26 Å². The van der Waals surface area contributed by atoms with Crippen LogP contribution in [-0.4, -0.2) is 29.9 Å². The lowest BCUT2D eigenvalue weighted by Gasteiger charge is -2.14. The first-order valence-electron chi connectivity index (χ1n) is 20.3. The van der Waals surface area contributed by atoms with Crippen LogP contribution in [0.5, 0.6) is 0 Å². The van der Waals surface area contributed by atoms with E-state index in [1.807, 2.05) is 152 Å². The van der Waals surface area contributed by atoms with E-state index in [0.29, 0.717) is 40.5 Å². The minimum atomic E-state index is 0.559. The molecule has 0 amide bonds. The van der Waals surface area contributed by atoms with Crippen molar-refractivity contribution in [3.05, 3.63) is 218 Å². The van der Waals surface area contributed by atoms with E-state index in [9.17, 15) is 5.26 Å². The molecule has 2 heterocycles. The first-order chi connectivity index (χ1) is 30.7. The molecule has 0 aliphatic heterocycles. The van der Waals surface area contributed by atoms with Crippen molar-refractivity contribution in [2.24, 2.45) is 0 Å². The molecule has 2 aromatic heterocycles. The van der Waals surface area contributed by atoms with E-state index >= 15 is 0 Å². The number of nitriles is 1. The van der Waals surface area contributed by atoms with Crippen LogP contribution in [0.15, 0.2) is 212 Å². The maximum atomic E-state index is 9.35. The highest BCUT2D eigenvalue weighted by atomic mass is 15.0. The molecule has 62 heavy (non-hydrogen) atoms. The van der Waals surface area contributed by atoms with Crippen LogP contribution in [0.25, 0.3) is 102 Å². The molecule has 0 aliphatic rings. The average Bonchev–Trinajstić information content (AvgIpc) is 3.37. The summed E-state index contributed by atoms with van der Waals surface area (Å²) in [4.78, 5) is 30.3. The molecule has 0 saturated heterocycles. The topological polar surface area (TPSA) is 101 Å². The van der Waals surface area contributed by atoms with E-state index in [1.165, 1.54) is 0 Å². The fraction of sp³-hybridized carbons (Fsp3) is 0. The van der Waals surface area contributed by atoms with Gasteiger partial charge in [0.25, 0.3) is 0 Å². The van der Waals surface area contributed by atoms with Gasteiger partial charge in [-0.05, 0) is 57.6 Å². The predicted molar refractivity (Wildman–Crippen MR) is 247 cm³/mol. The standard InChI is InChI=1S/C55H35N7/c56-36-37-30-32-38(33-31-37)42-22-14-25-45(34-42)53-58-52(41-20-8-3-9-21-41)61-55(62-53)49-29-13-11-27-47(49)44-24-15-23-43(35-44)46-26-10-12-28-48(46)54-59-50(39-16-4-1-5-17-39)57-51(60-54)40-18-6-2-7-19-40/h1-35H. The van der Waals surface area contributed by atoms with Gasteiger partial charge in [-0.25, -0.2) is 29.9 Å². The summed E-state index contributed by atoms with van der Waals surface area (Å²) in [5, 5.41) is 9.35. The van der Waals surface area contributed by atoms with Gasteiger partial charge in [-0.15, -0.1) is 0 Å². The summed E-state index contributed by atoms with van der Waals surface area (Å²) in [5.41, 5.74) is 11.9. The molecule has 0 atom stereocenters. The van der Waals surface area contributed by atoms with Crippen molar-refractivity contribution >= 4 is 0 Å². The van der Waals surface area contributed by atoms with E-state index in [1.54, 1.807) is 0 Å². The molecule has 0 N–H and O–H groups in total. The summed E-state index contributed by atoms with van der Waals surface area (Å²) in [7, 11) is 0. The quantitative estimate of drug-likeness (QED) is 0.143. The smallest absolute Gasteiger partial charge is 0.164 e. The number of rotatable bonds is 9. The Hall–Kier alpha value is -8.73. The monoisotopic (exact) mass is 793 g/mol. The molecular formula is C55H35N7. The van der Waals surface area contributed by atoms with Crippen molar-refractivity contribution in [2.75, 3.05) is 0 Å². The van der Waals surface area contributed by atoms with Crippen molar-refractivity contribution in [3.63, 3.8) is 0 Å². The Labute approximate surface area is 359 Å². The van der Waals surface area contributed by atoms with Gasteiger partial charge in [-0.2, -0.15) is 5.26 Å². The summed E-state index contributed by atoms with van der Waals surface area (Å²) in [6, 6.07) is 73.0. The highest BCUT2D eigenvalue weighted by Gasteiger charge is 2.19. The van der Waals surface area contributed by atoms with Crippen molar-refractivity contribution in [2.45, 2.75) is 0 Å². The third-order valence-corrected chi connectivity index (χ3v) is 10.7. The van der Waals surface area contributed by atoms with Crippen LogP contribution in [0, 0.1) is 11.3 Å². The van der Waals surface area contributed by atoms with Crippen LogP contribution >= 0.6 is 0 Å². The Bertz CT molecular complexity index is 3180. The Balaban J connectivity index is 1.08. The summed E-state index contributed by atoms with van der Waals surface area (Å²) in [6.07, 6.45) is 0. The maximum absolute atomic E-state index is 9.35. The number of nitrogens with zero attached hydrogens (tertiary/aromatic N) is 7. The van der Waals surface area contributed by atoms with Gasteiger partial charge in [0.05, 0.1) is 11.6 Å². The molecule has 290 valence electrons. The zero-order chi connectivity index (χ0) is 41.7. The molecular weight excluding hydrogens is 759 g/mol. The Morgan fingerprint density at radius 1 is 0.242 bits per heavy atom. The van der Waals surface area contributed by atoms with Crippen LogP contribution < -0.4 is 0 Å². The highest BCUT2D eigenvalue weighted by molar-refractivity contribution is 5.87. The highest BCUT2D eigenvalue weighted by Crippen LogP contribution is 2.38. The van der Waals surface area contributed by atoms with Gasteiger partial charge in [0.2, 0.25) is 0 Å². The van der Waals surface area contributed by atoms with E-state index in [-0.39, 0.29) is 0 Å². The van der Waals surface area contributed by atoms with E-state index in [2.05, 4.69) is 66.7 Å². The third-order valence-electron chi connectivity index (χ3n) is 10.7. The van der Waals surface area contributed by atoms with Crippen molar-refractivity contribution in [1.82, 2.24) is 29.9 Å². The average molecular weight is 794 g/mol. The number of aromatic nitrogens is 6. The third kappa shape index (κ3) is 7.75. The molecule has 0 unspecified atom stereocenters. The van der Waals surface area contributed by atoms with Crippen LogP contribution in [-0.2, 0) is 0 Å². The largest absolute Gasteiger partial charge is 0.208 e. The number of hydrogen-bond acceptors (Lipinski definition) is 7. The van der Waals surface area contributed by atoms with Crippen LogP contribution in [0.4, 0.5) is 0 Å². The second-order valence-corrected chi connectivity index (χ2v) is 14.7.